The summed E-state index contributed by atoms with van der Waals surface area (Å²) in [6.45, 7) is 5.70. The first kappa shape index (κ1) is 10.1. The van der Waals surface area contributed by atoms with Gasteiger partial charge in [0.1, 0.15) is 5.67 Å². The van der Waals surface area contributed by atoms with Gasteiger partial charge in [-0.15, -0.1) is 0 Å². The van der Waals surface area contributed by atoms with Crippen molar-refractivity contribution in [3.8, 4) is 0 Å². The van der Waals surface area contributed by atoms with Crippen molar-refractivity contribution < 1.29 is 4.39 Å². The molecular formula is C13H17FN2. The summed E-state index contributed by atoms with van der Waals surface area (Å²) in [4.78, 5) is 6.58. The number of aryl methyl sites for hydroxylation is 1. The van der Waals surface area contributed by atoms with Crippen LogP contribution >= 0.6 is 0 Å². The van der Waals surface area contributed by atoms with Gasteiger partial charge < -0.3 is 4.90 Å². The summed E-state index contributed by atoms with van der Waals surface area (Å²) in [7, 11) is 0. The zero-order valence-electron chi connectivity index (χ0n) is 9.83. The van der Waals surface area contributed by atoms with Crippen LogP contribution in [0.3, 0.4) is 0 Å². The summed E-state index contributed by atoms with van der Waals surface area (Å²) in [6, 6.07) is 4.13. The smallest absolute Gasteiger partial charge is 0.109 e. The summed E-state index contributed by atoms with van der Waals surface area (Å²) in [5, 5.41) is 0. The highest BCUT2D eigenvalue weighted by atomic mass is 19.1. The molecule has 2 fully saturated rings. The largest absolute Gasteiger partial charge is 0.369 e. The van der Waals surface area contributed by atoms with Crippen molar-refractivity contribution in [2.24, 2.45) is 5.41 Å². The van der Waals surface area contributed by atoms with Crippen molar-refractivity contribution in [2.45, 2.75) is 32.4 Å². The van der Waals surface area contributed by atoms with Crippen LogP contribution in [0, 0.1) is 12.3 Å². The van der Waals surface area contributed by atoms with E-state index in [0.717, 1.165) is 31.6 Å². The molecule has 86 valence electrons. The molecule has 0 bridgehead atoms. The van der Waals surface area contributed by atoms with Crippen molar-refractivity contribution in [2.75, 3.05) is 18.0 Å². The van der Waals surface area contributed by atoms with E-state index in [-0.39, 0.29) is 5.41 Å². The van der Waals surface area contributed by atoms with E-state index in [2.05, 4.69) is 16.0 Å². The predicted octanol–water partition coefficient (Wildman–Crippen LogP) is 2.72. The lowest BCUT2D eigenvalue weighted by Crippen LogP contribution is -2.66. The van der Waals surface area contributed by atoms with E-state index < -0.39 is 5.67 Å². The molecule has 1 spiro atoms. The zero-order chi connectivity index (χ0) is 11.4. The van der Waals surface area contributed by atoms with Gasteiger partial charge in [-0.25, -0.2) is 4.39 Å². The van der Waals surface area contributed by atoms with Crippen molar-refractivity contribution in [3.05, 3.63) is 24.0 Å². The molecule has 0 radical (unpaired) electrons. The molecule has 1 saturated heterocycles. The molecule has 0 amide bonds. The lowest BCUT2D eigenvalue weighted by atomic mass is 9.56. The first-order valence-corrected chi connectivity index (χ1v) is 5.85. The number of rotatable bonds is 1. The van der Waals surface area contributed by atoms with Crippen LogP contribution in [0.15, 0.2) is 18.3 Å². The molecule has 3 rings (SSSR count). The molecule has 0 aromatic carbocycles. The number of alkyl halides is 1. The van der Waals surface area contributed by atoms with Crippen molar-refractivity contribution in [1.29, 1.82) is 0 Å². The predicted molar refractivity (Wildman–Crippen MR) is 62.4 cm³/mol. The minimum Gasteiger partial charge on any atom is -0.369 e. The summed E-state index contributed by atoms with van der Waals surface area (Å²) in [5.41, 5.74) is 1.58. The van der Waals surface area contributed by atoms with Gasteiger partial charge in [0, 0.05) is 24.2 Å². The van der Waals surface area contributed by atoms with E-state index >= 15 is 0 Å². The Morgan fingerprint density at radius 2 is 2.00 bits per heavy atom. The molecule has 0 unspecified atom stereocenters. The number of anilines is 1. The maximum absolute atomic E-state index is 13.5. The maximum Gasteiger partial charge on any atom is 0.109 e. The molecule has 1 aliphatic heterocycles. The van der Waals surface area contributed by atoms with Crippen LogP contribution in [-0.2, 0) is 0 Å². The first-order chi connectivity index (χ1) is 7.48. The highest BCUT2D eigenvalue weighted by Crippen LogP contribution is 2.56. The number of hydrogen-bond acceptors (Lipinski definition) is 2. The van der Waals surface area contributed by atoms with E-state index in [9.17, 15) is 4.39 Å². The third kappa shape index (κ3) is 1.49. The standard InChI is InChI=1S/C13H17FN2/c1-10-3-4-11(5-15-10)16-8-13(9-16)6-12(2,14)7-13/h3-5H,6-9H2,1-2H3. The molecule has 2 heterocycles. The Kier molecular flexibility index (Phi) is 1.86. The van der Waals surface area contributed by atoms with Crippen LogP contribution < -0.4 is 4.90 Å². The Bertz CT molecular complexity index is 394. The summed E-state index contributed by atoms with van der Waals surface area (Å²) >= 11 is 0. The Hall–Kier alpha value is -1.12. The Morgan fingerprint density at radius 1 is 1.31 bits per heavy atom. The lowest BCUT2D eigenvalue weighted by Gasteiger charge is -2.61. The number of nitrogens with zero attached hydrogens (tertiary/aromatic N) is 2. The topological polar surface area (TPSA) is 16.1 Å². The third-order valence-electron chi connectivity index (χ3n) is 3.80. The SMILES string of the molecule is Cc1ccc(N2CC3(C2)CC(C)(F)C3)cn1. The van der Waals surface area contributed by atoms with Crippen molar-refractivity contribution in [3.63, 3.8) is 0 Å². The van der Waals surface area contributed by atoms with Gasteiger partial charge in [0.05, 0.1) is 11.9 Å². The average Bonchev–Trinajstić information content (AvgIpc) is 2.11. The summed E-state index contributed by atoms with van der Waals surface area (Å²) < 4.78 is 13.5. The summed E-state index contributed by atoms with van der Waals surface area (Å²) in [5.74, 6) is 0. The molecule has 16 heavy (non-hydrogen) atoms. The van der Waals surface area contributed by atoms with Crippen LogP contribution in [0.25, 0.3) is 0 Å². The molecule has 1 aromatic rings. The van der Waals surface area contributed by atoms with Gasteiger partial charge in [0.25, 0.3) is 0 Å². The van der Waals surface area contributed by atoms with Crippen LogP contribution in [0.1, 0.15) is 25.5 Å². The van der Waals surface area contributed by atoms with E-state index in [1.807, 2.05) is 19.2 Å². The number of aromatic nitrogens is 1. The van der Waals surface area contributed by atoms with Gasteiger partial charge >= 0.3 is 0 Å². The second-order valence-corrected chi connectivity index (χ2v) is 5.78. The number of pyridine rings is 1. The Balaban J connectivity index is 1.64. The van der Waals surface area contributed by atoms with E-state index in [1.165, 1.54) is 5.69 Å². The minimum atomic E-state index is -0.905. The van der Waals surface area contributed by atoms with Gasteiger partial charge in [-0.3, -0.25) is 4.98 Å². The third-order valence-corrected chi connectivity index (χ3v) is 3.80. The fourth-order valence-electron chi connectivity index (χ4n) is 3.33. The van der Waals surface area contributed by atoms with Crippen LogP contribution in [-0.4, -0.2) is 23.7 Å². The molecular weight excluding hydrogens is 203 g/mol. The highest BCUT2D eigenvalue weighted by molar-refractivity contribution is 5.49. The monoisotopic (exact) mass is 220 g/mol. The first-order valence-electron chi connectivity index (χ1n) is 5.85. The van der Waals surface area contributed by atoms with Gasteiger partial charge in [-0.1, -0.05) is 0 Å². The fraction of sp³-hybridized carbons (Fsp3) is 0.615. The lowest BCUT2D eigenvalue weighted by molar-refractivity contribution is -0.0711. The molecule has 0 N–H and O–H groups in total. The van der Waals surface area contributed by atoms with Crippen molar-refractivity contribution >= 4 is 5.69 Å². The summed E-state index contributed by atoms with van der Waals surface area (Å²) in [6.07, 6.45) is 3.38. The molecule has 0 atom stereocenters. The van der Waals surface area contributed by atoms with E-state index in [0.29, 0.717) is 0 Å². The van der Waals surface area contributed by atoms with Gasteiger partial charge in [0.15, 0.2) is 0 Å². The minimum absolute atomic E-state index is 0.272. The average molecular weight is 220 g/mol. The van der Waals surface area contributed by atoms with Gasteiger partial charge in [-0.05, 0) is 38.8 Å². The number of halogens is 1. The zero-order valence-corrected chi connectivity index (χ0v) is 9.83. The van der Waals surface area contributed by atoms with Crippen LogP contribution in [0.5, 0.6) is 0 Å². The quantitative estimate of drug-likeness (QED) is 0.723. The van der Waals surface area contributed by atoms with Crippen LogP contribution in [0.4, 0.5) is 10.1 Å². The maximum atomic E-state index is 13.5. The number of hydrogen-bond donors (Lipinski definition) is 0. The fourth-order valence-corrected chi connectivity index (χ4v) is 3.33. The van der Waals surface area contributed by atoms with Crippen molar-refractivity contribution in [1.82, 2.24) is 4.98 Å². The molecule has 2 aliphatic rings. The van der Waals surface area contributed by atoms with E-state index in [1.54, 1.807) is 6.92 Å². The molecule has 1 aromatic heterocycles. The van der Waals surface area contributed by atoms with Gasteiger partial charge in [0.2, 0.25) is 0 Å². The molecule has 2 nitrogen and oxygen atoms in total. The van der Waals surface area contributed by atoms with Crippen LogP contribution in [0.2, 0.25) is 0 Å². The molecule has 3 heteroatoms. The normalized spacial score (nSPS) is 25.1. The van der Waals surface area contributed by atoms with E-state index in [4.69, 9.17) is 0 Å². The van der Waals surface area contributed by atoms with Gasteiger partial charge in [-0.2, -0.15) is 0 Å². The molecule has 1 aliphatic carbocycles. The second-order valence-electron chi connectivity index (χ2n) is 5.78. The Morgan fingerprint density at radius 3 is 2.50 bits per heavy atom. The Labute approximate surface area is 95.5 Å². The second kappa shape index (κ2) is 2.96. The molecule has 1 saturated carbocycles. The highest BCUT2D eigenvalue weighted by Gasteiger charge is 2.58.